The largest absolute Gasteiger partial charge is 3.00 e. The van der Waals surface area contributed by atoms with Crippen LogP contribution in [0, 0.1) is 723 Å². The zero-order valence-corrected chi connectivity index (χ0v) is 77.5. The smallest absolute Gasteiger partial charge is 0 e. The summed E-state index contributed by atoms with van der Waals surface area (Å²) in [7, 11) is 0. The molecule has 43 heavy (non-hydrogen) atoms. The van der Waals surface area contributed by atoms with Crippen molar-refractivity contribution in [1.29, 1.82) is 0 Å². The maximum absolute atomic E-state index is 8.46. The summed E-state index contributed by atoms with van der Waals surface area (Å²) in [4.78, 5) is 0. The molecule has 16 nitrogen and oxygen atoms in total. The van der Waals surface area contributed by atoms with Crippen LogP contribution in [0.2, 0.25) is 0 Å². The van der Waals surface area contributed by atoms with Crippen molar-refractivity contribution in [2.45, 2.75) is 0 Å². The molecule has 0 fully saturated rings. The fourth-order valence-corrected chi connectivity index (χ4v) is 0. The van der Waals surface area contributed by atoms with Gasteiger partial charge in [0.15, 0.2) is 0 Å². The van der Waals surface area contributed by atoms with Crippen molar-refractivity contribution >= 4 is 147 Å². The van der Waals surface area contributed by atoms with Gasteiger partial charge in [0.1, 0.15) is 0 Å². The molecule has 0 unspecified atom stereocenters. The summed E-state index contributed by atoms with van der Waals surface area (Å²) in [6.07, 6.45) is 0. The Morgan fingerprint density at radius 3 is 0.256 bits per heavy atom. The van der Waals surface area contributed by atoms with Gasteiger partial charge in [0.25, 0.3) is 0 Å². The standard InChI is InChI=1S/8Al.9Ce.Mg.16O.9Tb/q;;;;;;;;;;;;;;;;+3;+2;;;;;;;;;8*-1;;;;;;;;;+3. The van der Waals surface area contributed by atoms with Crippen LogP contribution in [0.4, 0.5) is 0 Å². The molecule has 0 aliphatic heterocycles. The molecular weight excluding hydrogens is 3190 g/mol. The van der Waals surface area contributed by atoms with E-state index in [0.29, 0.717) is 0 Å². The van der Waals surface area contributed by atoms with E-state index in [2.05, 4.69) is 0 Å². The van der Waals surface area contributed by atoms with Crippen LogP contribution < -0.4 is 33.3 Å². The predicted octanol–water partition coefficient (Wildman–Crippen LogP) is -13.9. The molecule has 0 aromatic heterocycles. The Bertz CT molecular complexity index is 220. The van der Waals surface area contributed by atoms with E-state index in [9.17, 15) is 0 Å². The van der Waals surface area contributed by atoms with Crippen molar-refractivity contribution in [3.8, 4) is 0 Å². The van der Waals surface area contributed by atoms with E-state index in [-0.39, 0.29) is 746 Å². The van der Waals surface area contributed by atoms with E-state index >= 15 is 0 Å². The number of rotatable bonds is 0. The molecule has 0 rings (SSSR count). The summed E-state index contributed by atoms with van der Waals surface area (Å²) in [5, 5.41) is 0. The van der Waals surface area contributed by atoms with Gasteiger partial charge < -0.3 is 0 Å². The van der Waals surface area contributed by atoms with Crippen LogP contribution in [0.15, 0.2) is 0 Å². The van der Waals surface area contributed by atoms with Gasteiger partial charge in [0.2, 0.25) is 0 Å². The van der Waals surface area contributed by atoms with Crippen LogP contribution in [0.1, 0.15) is 0 Å². The molecule has 0 aliphatic rings. The maximum Gasteiger partial charge on any atom is 3.00 e. The molecule has 0 heterocycles. The Balaban J connectivity index is -0.00000000256. The summed E-state index contributed by atoms with van der Waals surface area (Å²) >= 11 is -14.0. The van der Waals surface area contributed by atoms with Crippen molar-refractivity contribution in [2.75, 3.05) is 0 Å². The molecule has 0 saturated carbocycles. The van der Waals surface area contributed by atoms with Crippen molar-refractivity contribution in [1.82, 2.24) is 0 Å². The van der Waals surface area contributed by atoms with E-state index in [4.69, 9.17) is 63.7 Å². The van der Waals surface area contributed by atoms with E-state index in [1.54, 1.807) is 0 Å². The van der Waals surface area contributed by atoms with Crippen molar-refractivity contribution in [3.05, 3.63) is 0 Å². The van der Waals surface area contributed by atoms with Gasteiger partial charge in [0, 0.05) is 643 Å². The third-order valence-electron chi connectivity index (χ3n) is 0. The molecule has 0 atom stereocenters. The molecule has 0 aromatic rings. The first-order valence-corrected chi connectivity index (χ1v) is 11.3. The Kier molecular flexibility index (Phi) is 1120. The summed E-state index contributed by atoms with van der Waals surface area (Å²) < 4.78 is 135. The van der Waals surface area contributed by atoms with Gasteiger partial charge in [-0.3, -0.25) is 0 Å². The SMILES string of the molecule is [Ce+3].[Ce].[Ce].[Ce].[Ce].[Ce].[Ce].[Ce].[Ce].[Mg+2].[O]=[Al][O-].[O]=[Al][O-].[O]=[Al][O-].[O]=[Al][O-].[O]=[Al][O-].[O]=[Al][O-].[O]=[Al][O-].[O]=[Al][O-].[Tb+3].[Tb].[Tb].[Tb].[Tb].[Tb].[Tb].[Tb].[Tb]. The quantitative estimate of drug-likeness (QED) is 0.203. The molecular formula is Al8Ce9MgO16Tb9. The minimum atomic E-state index is -1.75. The molecule has 43 heteroatoms. The fourth-order valence-electron chi connectivity index (χ4n) is 0. The van der Waals surface area contributed by atoms with Gasteiger partial charge in [-0.1, -0.05) is 0 Å². The number of hydrogen-bond donors (Lipinski definition) is 0. The number of hydrogen-bond acceptors (Lipinski definition) is 16. The summed E-state index contributed by atoms with van der Waals surface area (Å²) in [5.41, 5.74) is 0. The van der Waals surface area contributed by atoms with Crippen LogP contribution in [0.25, 0.3) is 0 Å². The molecule has 0 aromatic carbocycles. The monoisotopic (exact) mass is 3190 g/mol. The average molecular weight is 3190 g/mol. The normalized spacial score (nSPS) is 1.49. The van der Waals surface area contributed by atoms with Gasteiger partial charge in [-0.05, 0) is 0 Å². The molecule has 0 aliphatic carbocycles. The minimum absolute atomic E-state index is 0. The molecule has 0 saturated heterocycles. The molecule has 0 amide bonds. The van der Waals surface area contributed by atoms with E-state index in [1.165, 1.54) is 0 Å². The Labute approximate surface area is 899 Å². The van der Waals surface area contributed by atoms with Gasteiger partial charge in [-0.25, -0.2) is 0 Å². The van der Waals surface area contributed by atoms with Gasteiger partial charge in [-0.2, -0.15) is 0 Å². The second kappa shape index (κ2) is 265. The minimum Gasteiger partial charge on any atom is 0 e. The fraction of sp³-hybridized carbons (Fsp3) is 0. The summed E-state index contributed by atoms with van der Waals surface area (Å²) in [5.74, 6) is 0. The second-order valence-corrected chi connectivity index (χ2v) is 2.31. The van der Waals surface area contributed by atoms with Gasteiger partial charge >= 0.3 is 291 Å². The van der Waals surface area contributed by atoms with Crippen LogP contribution in [-0.2, 0) is 30.4 Å². The molecule has 0 spiro atoms. The van der Waals surface area contributed by atoms with Crippen LogP contribution in [0.3, 0.4) is 0 Å². The Hall–Kier alpha value is 25.8. The topological polar surface area (TPSA) is 321 Å². The first kappa shape index (κ1) is 181. The summed E-state index contributed by atoms with van der Waals surface area (Å²) in [6, 6.07) is 0. The third kappa shape index (κ3) is 441. The van der Waals surface area contributed by atoms with Crippen molar-refractivity contribution in [2.24, 2.45) is 0 Å². The molecule has 239 valence electrons. The Morgan fingerprint density at radius 1 is 0.256 bits per heavy atom. The van der Waals surface area contributed by atoms with Crippen molar-refractivity contribution < 1.29 is 787 Å². The van der Waals surface area contributed by atoms with Crippen molar-refractivity contribution in [3.63, 3.8) is 0 Å². The Morgan fingerprint density at radius 2 is 0.256 bits per heavy atom. The van der Waals surface area contributed by atoms with Crippen LogP contribution >= 0.6 is 0 Å². The van der Waals surface area contributed by atoms with Crippen LogP contribution in [-0.4, -0.2) is 147 Å². The van der Waals surface area contributed by atoms with Crippen LogP contribution in [0.5, 0.6) is 0 Å². The second-order valence-electron chi connectivity index (χ2n) is 0.770. The third-order valence-corrected chi connectivity index (χ3v) is 0. The first-order chi connectivity index (χ1) is 11.3. The first-order valence-electron chi connectivity index (χ1n) is 3.77. The zero-order chi connectivity index (χ0) is 21.7. The van der Waals surface area contributed by atoms with E-state index < -0.39 is 124 Å². The van der Waals surface area contributed by atoms with E-state index in [1.807, 2.05) is 0 Å². The molecule has 9 radical (unpaired) electrons. The van der Waals surface area contributed by atoms with Gasteiger partial charge in [0.05, 0.1) is 0 Å². The maximum atomic E-state index is 8.46. The predicted molar refractivity (Wildman–Crippen MR) is 57.3 cm³/mol. The molecule has 0 N–H and O–H groups in total. The van der Waals surface area contributed by atoms with Gasteiger partial charge in [-0.15, -0.1) is 0 Å². The average Bonchev–Trinajstić information content (AvgIpc) is 2.45. The van der Waals surface area contributed by atoms with E-state index in [0.717, 1.165) is 0 Å². The molecule has 0 bridgehead atoms. The summed E-state index contributed by atoms with van der Waals surface area (Å²) in [6.45, 7) is 0. The zero-order valence-electron chi connectivity index (χ0n) is 19.4.